The standard InChI is InChI=1S/C17H23N3O3/c1-11-5-4-6-20(9-11)10-16-18-13-8-15(23-3)14(22-2)7-12(13)17(21)19-16/h7-8,11H,4-6,9-10H2,1-3H3,(H,18,19,21)/p+1/t11-/m1/s1. The molecule has 1 aliphatic rings. The highest BCUT2D eigenvalue weighted by molar-refractivity contribution is 5.81. The summed E-state index contributed by atoms with van der Waals surface area (Å²) in [4.78, 5) is 21.4. The molecular formula is C17H24N3O3+. The molecule has 0 amide bonds. The zero-order valence-electron chi connectivity index (χ0n) is 13.9. The number of H-pyrrole nitrogens is 1. The first-order valence-electron chi connectivity index (χ1n) is 8.09. The van der Waals surface area contributed by atoms with Gasteiger partial charge >= 0.3 is 0 Å². The van der Waals surface area contributed by atoms with E-state index in [4.69, 9.17) is 9.47 Å². The Morgan fingerprint density at radius 2 is 2.04 bits per heavy atom. The van der Waals surface area contributed by atoms with E-state index in [0.717, 1.165) is 31.4 Å². The highest BCUT2D eigenvalue weighted by atomic mass is 16.5. The molecule has 1 aromatic carbocycles. The van der Waals surface area contributed by atoms with Crippen LogP contribution in [0.1, 0.15) is 25.6 Å². The summed E-state index contributed by atoms with van der Waals surface area (Å²) in [5.74, 6) is 2.59. The molecule has 0 aliphatic carbocycles. The summed E-state index contributed by atoms with van der Waals surface area (Å²) in [5, 5.41) is 0.522. The SMILES string of the molecule is COc1cc2nc(C[NH+]3CCC[C@@H](C)C3)[nH]c(=O)c2cc1OC. The lowest BCUT2D eigenvalue weighted by molar-refractivity contribution is -0.922. The molecule has 2 N–H and O–H groups in total. The molecule has 0 saturated carbocycles. The van der Waals surface area contributed by atoms with Gasteiger partial charge in [0.2, 0.25) is 0 Å². The van der Waals surface area contributed by atoms with E-state index in [1.165, 1.54) is 17.7 Å². The number of hydrogen-bond donors (Lipinski definition) is 2. The summed E-state index contributed by atoms with van der Waals surface area (Å²) in [7, 11) is 3.14. The Balaban J connectivity index is 1.95. The van der Waals surface area contributed by atoms with Crippen molar-refractivity contribution < 1.29 is 14.4 Å². The van der Waals surface area contributed by atoms with E-state index >= 15 is 0 Å². The first-order chi connectivity index (χ1) is 11.1. The summed E-state index contributed by atoms with van der Waals surface area (Å²) in [6.45, 7) is 5.31. The second-order valence-corrected chi connectivity index (χ2v) is 6.37. The van der Waals surface area contributed by atoms with Gasteiger partial charge in [-0.15, -0.1) is 0 Å². The van der Waals surface area contributed by atoms with Gasteiger partial charge in [-0.05, 0) is 18.9 Å². The van der Waals surface area contributed by atoms with Gasteiger partial charge in [0, 0.05) is 12.0 Å². The fraction of sp³-hybridized carbons (Fsp3) is 0.529. The molecule has 0 spiro atoms. The number of benzene rings is 1. The molecule has 23 heavy (non-hydrogen) atoms. The van der Waals surface area contributed by atoms with E-state index < -0.39 is 0 Å². The third-order valence-electron chi connectivity index (χ3n) is 4.54. The highest BCUT2D eigenvalue weighted by Crippen LogP contribution is 2.29. The normalized spacial score (nSPS) is 21.3. The van der Waals surface area contributed by atoms with Crippen molar-refractivity contribution in [2.45, 2.75) is 26.3 Å². The molecule has 2 aromatic rings. The number of ether oxygens (including phenoxy) is 2. The van der Waals surface area contributed by atoms with Crippen LogP contribution in [0.25, 0.3) is 10.9 Å². The van der Waals surface area contributed by atoms with Crippen LogP contribution >= 0.6 is 0 Å². The van der Waals surface area contributed by atoms with Crippen LogP contribution in [0.15, 0.2) is 16.9 Å². The Morgan fingerprint density at radius 3 is 2.74 bits per heavy atom. The lowest BCUT2D eigenvalue weighted by Crippen LogP contribution is -3.12. The van der Waals surface area contributed by atoms with Crippen molar-refractivity contribution in [2.24, 2.45) is 5.92 Å². The predicted octanol–water partition coefficient (Wildman–Crippen LogP) is 0.755. The van der Waals surface area contributed by atoms with Gasteiger partial charge in [0.25, 0.3) is 5.56 Å². The Hall–Kier alpha value is -2.08. The van der Waals surface area contributed by atoms with E-state index in [2.05, 4.69) is 16.9 Å². The van der Waals surface area contributed by atoms with Crippen molar-refractivity contribution in [3.63, 3.8) is 0 Å². The average molecular weight is 318 g/mol. The maximum Gasteiger partial charge on any atom is 0.259 e. The molecule has 0 bridgehead atoms. The fourth-order valence-corrected chi connectivity index (χ4v) is 3.39. The molecule has 6 heteroatoms. The lowest BCUT2D eigenvalue weighted by atomic mass is 10.0. The minimum absolute atomic E-state index is 0.129. The van der Waals surface area contributed by atoms with E-state index in [-0.39, 0.29) is 5.56 Å². The number of likely N-dealkylation sites (tertiary alicyclic amines) is 1. The van der Waals surface area contributed by atoms with E-state index in [1.807, 2.05) is 0 Å². The van der Waals surface area contributed by atoms with Crippen LogP contribution in [0.4, 0.5) is 0 Å². The molecule has 124 valence electrons. The number of aromatic amines is 1. The van der Waals surface area contributed by atoms with Gasteiger partial charge in [0.15, 0.2) is 17.3 Å². The van der Waals surface area contributed by atoms with Gasteiger partial charge in [-0.1, -0.05) is 6.92 Å². The molecular weight excluding hydrogens is 294 g/mol. The van der Waals surface area contributed by atoms with Crippen molar-refractivity contribution in [1.82, 2.24) is 9.97 Å². The Morgan fingerprint density at radius 1 is 1.30 bits per heavy atom. The Bertz CT molecular complexity index is 757. The van der Waals surface area contributed by atoms with Gasteiger partial charge in [0.05, 0.1) is 38.2 Å². The maximum absolute atomic E-state index is 12.4. The van der Waals surface area contributed by atoms with Crippen LogP contribution < -0.4 is 19.9 Å². The van der Waals surface area contributed by atoms with Gasteiger partial charge < -0.3 is 19.4 Å². The topological polar surface area (TPSA) is 68.7 Å². The minimum atomic E-state index is -0.129. The number of rotatable bonds is 4. The number of methoxy groups -OCH3 is 2. The minimum Gasteiger partial charge on any atom is -0.493 e. The number of aromatic nitrogens is 2. The second kappa shape index (κ2) is 6.58. The summed E-state index contributed by atoms with van der Waals surface area (Å²) in [6.07, 6.45) is 2.53. The number of fused-ring (bicyclic) bond motifs is 1. The Labute approximate surface area is 135 Å². The summed E-state index contributed by atoms with van der Waals surface area (Å²) < 4.78 is 10.6. The smallest absolute Gasteiger partial charge is 0.259 e. The zero-order chi connectivity index (χ0) is 16.4. The van der Waals surface area contributed by atoms with Crippen LogP contribution in [0.5, 0.6) is 11.5 Å². The summed E-state index contributed by atoms with van der Waals surface area (Å²) in [6, 6.07) is 3.45. The van der Waals surface area contributed by atoms with Gasteiger partial charge in [-0.25, -0.2) is 4.98 Å². The molecule has 2 atom stereocenters. The van der Waals surface area contributed by atoms with Crippen LogP contribution in [-0.4, -0.2) is 37.3 Å². The van der Waals surface area contributed by atoms with E-state index in [9.17, 15) is 4.79 Å². The lowest BCUT2D eigenvalue weighted by Gasteiger charge is -2.27. The molecule has 1 saturated heterocycles. The number of quaternary nitrogens is 1. The van der Waals surface area contributed by atoms with Crippen LogP contribution in [0.3, 0.4) is 0 Å². The molecule has 1 unspecified atom stereocenters. The third kappa shape index (κ3) is 3.32. The van der Waals surface area contributed by atoms with Crippen molar-refractivity contribution in [3.05, 3.63) is 28.3 Å². The molecule has 2 heterocycles. The number of nitrogens with zero attached hydrogens (tertiary/aromatic N) is 1. The van der Waals surface area contributed by atoms with Crippen LogP contribution in [0.2, 0.25) is 0 Å². The van der Waals surface area contributed by atoms with Crippen molar-refractivity contribution in [3.8, 4) is 11.5 Å². The van der Waals surface area contributed by atoms with Crippen molar-refractivity contribution in [2.75, 3.05) is 27.3 Å². The quantitative estimate of drug-likeness (QED) is 0.873. The summed E-state index contributed by atoms with van der Waals surface area (Å²) >= 11 is 0. The zero-order valence-corrected chi connectivity index (χ0v) is 13.9. The Kier molecular flexibility index (Phi) is 4.52. The third-order valence-corrected chi connectivity index (χ3v) is 4.54. The highest BCUT2D eigenvalue weighted by Gasteiger charge is 2.21. The largest absolute Gasteiger partial charge is 0.493 e. The summed E-state index contributed by atoms with van der Waals surface area (Å²) in [5.41, 5.74) is 0.515. The van der Waals surface area contributed by atoms with E-state index in [1.54, 1.807) is 26.4 Å². The van der Waals surface area contributed by atoms with Crippen LogP contribution in [-0.2, 0) is 6.54 Å². The van der Waals surface area contributed by atoms with E-state index in [0.29, 0.717) is 22.4 Å². The van der Waals surface area contributed by atoms with Gasteiger partial charge in [0.1, 0.15) is 6.54 Å². The molecule has 1 aromatic heterocycles. The molecule has 0 radical (unpaired) electrons. The maximum atomic E-state index is 12.4. The van der Waals surface area contributed by atoms with Gasteiger partial charge in [-0.3, -0.25) is 4.79 Å². The number of hydrogen-bond acceptors (Lipinski definition) is 4. The number of nitrogens with one attached hydrogen (secondary N) is 2. The van der Waals surface area contributed by atoms with Gasteiger partial charge in [-0.2, -0.15) is 0 Å². The molecule has 1 aliphatic heterocycles. The molecule has 6 nitrogen and oxygen atoms in total. The number of piperidine rings is 1. The molecule has 1 fully saturated rings. The first kappa shape index (κ1) is 15.8. The monoisotopic (exact) mass is 318 g/mol. The van der Waals surface area contributed by atoms with Crippen molar-refractivity contribution >= 4 is 10.9 Å². The molecule has 3 rings (SSSR count). The van der Waals surface area contributed by atoms with Crippen LogP contribution in [0, 0.1) is 5.92 Å². The predicted molar refractivity (Wildman–Crippen MR) is 88.3 cm³/mol. The average Bonchev–Trinajstić information content (AvgIpc) is 2.53. The fourth-order valence-electron chi connectivity index (χ4n) is 3.39. The first-order valence-corrected chi connectivity index (χ1v) is 8.09. The second-order valence-electron chi connectivity index (χ2n) is 6.37. The van der Waals surface area contributed by atoms with Crippen molar-refractivity contribution in [1.29, 1.82) is 0 Å².